The lowest BCUT2D eigenvalue weighted by molar-refractivity contribution is 0.337. The van der Waals surface area contributed by atoms with Crippen molar-refractivity contribution in [3.05, 3.63) is 60.5 Å². The molecule has 0 spiro atoms. The number of para-hydroxylation sites is 2. The molecule has 0 atom stereocenters. The van der Waals surface area contributed by atoms with Crippen molar-refractivity contribution in [3.8, 4) is 22.9 Å². The third-order valence-corrected chi connectivity index (χ3v) is 4.55. The average Bonchev–Trinajstić information content (AvgIpc) is 3.37. The molecular weight excluding hydrogens is 364 g/mol. The van der Waals surface area contributed by atoms with Crippen LogP contribution in [-0.4, -0.2) is 37.0 Å². The summed E-state index contributed by atoms with van der Waals surface area (Å²) in [7, 11) is 0. The van der Waals surface area contributed by atoms with Crippen LogP contribution in [0.4, 0.5) is 0 Å². The third kappa shape index (κ3) is 3.82. The fourth-order valence-electron chi connectivity index (χ4n) is 2.47. The molecule has 0 saturated heterocycles. The van der Waals surface area contributed by atoms with Gasteiger partial charge in [0.15, 0.2) is 0 Å². The highest BCUT2D eigenvalue weighted by atomic mass is 32.2. The van der Waals surface area contributed by atoms with Gasteiger partial charge in [0.2, 0.25) is 16.9 Å². The molecule has 0 aliphatic heterocycles. The summed E-state index contributed by atoms with van der Waals surface area (Å²) < 4.78 is 13.0. The van der Waals surface area contributed by atoms with Crippen LogP contribution in [-0.2, 0) is 5.75 Å². The van der Waals surface area contributed by atoms with E-state index in [2.05, 4.69) is 25.7 Å². The summed E-state index contributed by atoms with van der Waals surface area (Å²) in [6.45, 7) is 2.50. The molecule has 0 amide bonds. The summed E-state index contributed by atoms with van der Waals surface area (Å²) >= 11 is 1.41. The Kier molecular flexibility index (Phi) is 5.10. The first-order valence-electron chi connectivity index (χ1n) is 8.36. The van der Waals surface area contributed by atoms with Crippen molar-refractivity contribution in [2.45, 2.75) is 17.8 Å². The molecule has 8 nitrogen and oxygen atoms in total. The second-order valence-corrected chi connectivity index (χ2v) is 6.37. The summed E-state index contributed by atoms with van der Waals surface area (Å²) in [5, 5.41) is 20.8. The summed E-state index contributed by atoms with van der Waals surface area (Å²) in [5.74, 6) is 2.18. The SMILES string of the molecule is CCOc1ccccc1-n1nnnc1SCc1nnc(-c2ccccc2)o1. The maximum absolute atomic E-state index is 5.73. The lowest BCUT2D eigenvalue weighted by atomic mass is 10.2. The summed E-state index contributed by atoms with van der Waals surface area (Å²) in [6, 6.07) is 17.3. The van der Waals surface area contributed by atoms with Gasteiger partial charge in [-0.2, -0.15) is 4.68 Å². The van der Waals surface area contributed by atoms with Gasteiger partial charge >= 0.3 is 0 Å². The van der Waals surface area contributed by atoms with E-state index in [-0.39, 0.29) is 0 Å². The Morgan fingerprint density at radius 1 is 1.00 bits per heavy atom. The van der Waals surface area contributed by atoms with E-state index in [1.165, 1.54) is 11.8 Å². The second kappa shape index (κ2) is 8.00. The summed E-state index contributed by atoms with van der Waals surface area (Å²) in [6.07, 6.45) is 0. The normalized spacial score (nSPS) is 10.9. The van der Waals surface area contributed by atoms with Crippen LogP contribution < -0.4 is 4.74 Å². The molecule has 2 aromatic heterocycles. The largest absolute Gasteiger partial charge is 0.492 e. The Bertz CT molecular complexity index is 1020. The summed E-state index contributed by atoms with van der Waals surface area (Å²) in [5.41, 5.74) is 1.67. The van der Waals surface area contributed by atoms with Gasteiger partial charge in [-0.15, -0.1) is 15.3 Å². The highest BCUT2D eigenvalue weighted by molar-refractivity contribution is 7.98. The lowest BCUT2D eigenvalue weighted by Gasteiger charge is -2.10. The number of tetrazole rings is 1. The van der Waals surface area contributed by atoms with Gasteiger partial charge in [-0.05, 0) is 41.6 Å². The molecule has 0 fully saturated rings. The van der Waals surface area contributed by atoms with Crippen molar-refractivity contribution in [3.63, 3.8) is 0 Å². The zero-order chi connectivity index (χ0) is 18.5. The van der Waals surface area contributed by atoms with E-state index in [0.717, 1.165) is 17.0 Å². The molecule has 0 aliphatic carbocycles. The number of hydrogen-bond donors (Lipinski definition) is 0. The van der Waals surface area contributed by atoms with E-state index in [1.807, 2.05) is 61.5 Å². The number of rotatable bonds is 7. The van der Waals surface area contributed by atoms with Gasteiger partial charge < -0.3 is 9.15 Å². The molecule has 136 valence electrons. The zero-order valence-corrected chi connectivity index (χ0v) is 15.3. The smallest absolute Gasteiger partial charge is 0.247 e. The fraction of sp³-hybridized carbons (Fsp3) is 0.167. The van der Waals surface area contributed by atoms with Gasteiger partial charge in [-0.1, -0.05) is 42.1 Å². The van der Waals surface area contributed by atoms with Gasteiger partial charge in [0.25, 0.3) is 0 Å². The molecule has 2 aromatic carbocycles. The number of aromatic nitrogens is 6. The molecule has 0 unspecified atom stereocenters. The predicted octanol–water partition coefficient (Wildman–Crippen LogP) is 3.40. The molecule has 0 saturated carbocycles. The van der Waals surface area contributed by atoms with Crippen LogP contribution in [0.3, 0.4) is 0 Å². The molecule has 0 aliphatic rings. The molecule has 0 N–H and O–H groups in total. The average molecular weight is 380 g/mol. The first-order chi connectivity index (χ1) is 13.3. The number of benzene rings is 2. The Labute approximate surface area is 159 Å². The molecule has 4 aromatic rings. The number of hydrogen-bond acceptors (Lipinski definition) is 8. The Balaban J connectivity index is 1.51. The minimum absolute atomic E-state index is 0.455. The quantitative estimate of drug-likeness (QED) is 0.451. The maximum Gasteiger partial charge on any atom is 0.247 e. The molecule has 0 bridgehead atoms. The summed E-state index contributed by atoms with van der Waals surface area (Å²) in [4.78, 5) is 0. The monoisotopic (exact) mass is 380 g/mol. The van der Waals surface area contributed by atoms with Gasteiger partial charge in [-0.25, -0.2) is 0 Å². The van der Waals surface area contributed by atoms with Crippen LogP contribution in [0.25, 0.3) is 17.1 Å². The standard InChI is InChI=1S/C18H16N6O2S/c1-2-25-15-11-7-6-10-14(15)24-18(21-22-23-24)27-12-16-19-20-17(26-16)13-8-4-3-5-9-13/h3-11H,2,12H2,1H3. The van der Waals surface area contributed by atoms with Crippen molar-refractivity contribution < 1.29 is 9.15 Å². The van der Waals surface area contributed by atoms with Crippen molar-refractivity contribution in [1.29, 1.82) is 0 Å². The molecule has 9 heteroatoms. The molecule has 27 heavy (non-hydrogen) atoms. The molecule has 2 heterocycles. The van der Waals surface area contributed by atoms with Gasteiger partial charge in [0.05, 0.1) is 12.4 Å². The highest BCUT2D eigenvalue weighted by Gasteiger charge is 2.15. The highest BCUT2D eigenvalue weighted by Crippen LogP contribution is 2.28. The number of thioether (sulfide) groups is 1. The number of ether oxygens (including phenoxy) is 1. The minimum atomic E-state index is 0.455. The topological polar surface area (TPSA) is 91.8 Å². The van der Waals surface area contributed by atoms with Crippen LogP contribution in [0.2, 0.25) is 0 Å². The van der Waals surface area contributed by atoms with Crippen LogP contribution in [0.5, 0.6) is 5.75 Å². The van der Waals surface area contributed by atoms with E-state index in [9.17, 15) is 0 Å². The molecule has 0 radical (unpaired) electrons. The van der Waals surface area contributed by atoms with Gasteiger partial charge in [-0.3, -0.25) is 0 Å². The number of nitrogens with zero attached hydrogens (tertiary/aromatic N) is 6. The van der Waals surface area contributed by atoms with E-state index in [1.54, 1.807) is 4.68 Å². The van der Waals surface area contributed by atoms with Crippen molar-refractivity contribution in [2.24, 2.45) is 0 Å². The first-order valence-corrected chi connectivity index (χ1v) is 9.35. The predicted molar refractivity (Wildman–Crippen MR) is 99.6 cm³/mol. The lowest BCUT2D eigenvalue weighted by Crippen LogP contribution is -2.03. The molecule has 4 rings (SSSR count). The first kappa shape index (κ1) is 17.2. The van der Waals surface area contributed by atoms with Crippen LogP contribution >= 0.6 is 11.8 Å². The Morgan fingerprint density at radius 2 is 1.81 bits per heavy atom. The van der Waals surface area contributed by atoms with E-state index < -0.39 is 0 Å². The van der Waals surface area contributed by atoms with Gasteiger partial charge in [0.1, 0.15) is 11.4 Å². The van der Waals surface area contributed by atoms with Crippen molar-refractivity contribution in [2.75, 3.05) is 6.61 Å². The van der Waals surface area contributed by atoms with Crippen LogP contribution in [0.1, 0.15) is 12.8 Å². The van der Waals surface area contributed by atoms with Crippen molar-refractivity contribution >= 4 is 11.8 Å². The zero-order valence-electron chi connectivity index (χ0n) is 14.5. The van der Waals surface area contributed by atoms with Crippen LogP contribution in [0, 0.1) is 0 Å². The fourth-order valence-corrected chi connectivity index (χ4v) is 3.19. The Hall–Kier alpha value is -3.20. The Morgan fingerprint density at radius 3 is 2.67 bits per heavy atom. The third-order valence-electron chi connectivity index (χ3n) is 3.65. The van der Waals surface area contributed by atoms with Gasteiger partial charge in [0, 0.05) is 5.56 Å². The van der Waals surface area contributed by atoms with Crippen molar-refractivity contribution in [1.82, 2.24) is 30.4 Å². The van der Waals surface area contributed by atoms with E-state index in [0.29, 0.717) is 29.3 Å². The maximum atomic E-state index is 5.73. The second-order valence-electron chi connectivity index (χ2n) is 5.43. The molecular formula is C18H16N6O2S. The van der Waals surface area contributed by atoms with E-state index in [4.69, 9.17) is 9.15 Å². The van der Waals surface area contributed by atoms with Crippen LogP contribution in [0.15, 0.2) is 64.2 Å². The minimum Gasteiger partial charge on any atom is -0.492 e. The van der Waals surface area contributed by atoms with E-state index >= 15 is 0 Å².